The van der Waals surface area contributed by atoms with E-state index in [1.165, 1.54) is 205 Å². The number of carbonyl (C=O) groups is 1. The molecule has 0 saturated carbocycles. The zero-order valence-electron chi connectivity index (χ0n) is 38.9. The van der Waals surface area contributed by atoms with E-state index in [-0.39, 0.29) is 6.61 Å². The Morgan fingerprint density at radius 1 is 0.431 bits per heavy atom. The summed E-state index contributed by atoms with van der Waals surface area (Å²) >= 11 is 0. The van der Waals surface area contributed by atoms with Gasteiger partial charge in [0.15, 0.2) is 0 Å². The van der Waals surface area contributed by atoms with Gasteiger partial charge >= 0.3 is 0 Å². The summed E-state index contributed by atoms with van der Waals surface area (Å²) in [6.07, 6.45) is 62.0. The van der Waals surface area contributed by atoms with Gasteiger partial charge in [0.1, 0.15) is 6.10 Å². The first-order valence-corrected chi connectivity index (χ1v) is 25.8. The third-order valence-electron chi connectivity index (χ3n) is 12.0. The van der Waals surface area contributed by atoms with Crippen LogP contribution in [0.15, 0.2) is 36.5 Å². The van der Waals surface area contributed by atoms with E-state index in [4.69, 9.17) is 0 Å². The highest BCUT2D eigenvalue weighted by Gasteiger charge is 2.22. The van der Waals surface area contributed by atoms with Crippen molar-refractivity contribution in [3.05, 3.63) is 36.5 Å². The van der Waals surface area contributed by atoms with Gasteiger partial charge in [-0.05, 0) is 51.4 Å². The number of nitrogens with one attached hydrogen (secondary N) is 1. The lowest BCUT2D eigenvalue weighted by atomic mass is 10.0. The van der Waals surface area contributed by atoms with Crippen LogP contribution in [0.25, 0.3) is 0 Å². The molecule has 5 heteroatoms. The predicted octanol–water partition coefficient (Wildman–Crippen LogP) is 15.5. The lowest BCUT2D eigenvalue weighted by molar-refractivity contribution is -0.131. The highest BCUT2D eigenvalue weighted by Crippen LogP contribution is 2.16. The second kappa shape index (κ2) is 48.2. The molecule has 3 unspecified atom stereocenters. The minimum absolute atomic E-state index is 0.367. The molecule has 0 heterocycles. The summed E-state index contributed by atoms with van der Waals surface area (Å²) in [5.41, 5.74) is 0. The number of aliphatic hydroxyl groups excluding tert-OH is 3. The van der Waals surface area contributed by atoms with Gasteiger partial charge in [-0.1, -0.05) is 256 Å². The number of unbranched alkanes of at least 4 members (excludes halogenated alkanes) is 35. The molecule has 0 spiro atoms. The maximum Gasteiger partial charge on any atom is 0.249 e. The molecule has 4 N–H and O–H groups in total. The third kappa shape index (κ3) is 42.7. The first-order chi connectivity index (χ1) is 28.6. The first kappa shape index (κ1) is 56.6. The molecule has 0 aliphatic rings. The summed E-state index contributed by atoms with van der Waals surface area (Å²) in [7, 11) is 0. The van der Waals surface area contributed by atoms with Crippen LogP contribution in [0, 0.1) is 0 Å². The molecule has 58 heavy (non-hydrogen) atoms. The Balaban J connectivity index is 3.64. The second-order valence-electron chi connectivity index (χ2n) is 17.7. The molecule has 0 aromatic carbocycles. The van der Waals surface area contributed by atoms with Gasteiger partial charge in [-0.3, -0.25) is 4.79 Å². The minimum atomic E-state index is -1.11. The van der Waals surface area contributed by atoms with E-state index in [9.17, 15) is 20.1 Å². The molecule has 5 nitrogen and oxygen atoms in total. The van der Waals surface area contributed by atoms with Gasteiger partial charge in [0.05, 0.1) is 18.8 Å². The molecule has 0 aromatic rings. The maximum atomic E-state index is 12.5. The highest BCUT2D eigenvalue weighted by atomic mass is 16.3. The average Bonchev–Trinajstić information content (AvgIpc) is 3.23. The molecule has 0 saturated heterocycles. The SMILES string of the molecule is CCCCCCCCCCC/C=C\C/C=C\CCCCCCCCC(O)C(=O)NC(CO)C(O)/C=C/CCCCCCCCCCCCCCCCCCCCCC. The lowest BCUT2D eigenvalue weighted by Gasteiger charge is -2.21. The van der Waals surface area contributed by atoms with Crippen LogP contribution in [-0.4, -0.2) is 46.1 Å². The maximum absolute atomic E-state index is 12.5. The summed E-state index contributed by atoms with van der Waals surface area (Å²) in [4.78, 5) is 12.5. The predicted molar refractivity (Wildman–Crippen MR) is 254 cm³/mol. The fourth-order valence-electron chi connectivity index (χ4n) is 7.92. The van der Waals surface area contributed by atoms with Gasteiger partial charge in [0.2, 0.25) is 5.91 Å². The van der Waals surface area contributed by atoms with E-state index in [2.05, 4.69) is 43.5 Å². The zero-order valence-corrected chi connectivity index (χ0v) is 38.9. The lowest BCUT2D eigenvalue weighted by Crippen LogP contribution is -2.48. The Morgan fingerprint density at radius 2 is 0.741 bits per heavy atom. The molecule has 0 fully saturated rings. The van der Waals surface area contributed by atoms with Crippen LogP contribution in [-0.2, 0) is 4.79 Å². The van der Waals surface area contributed by atoms with Gasteiger partial charge in [-0.15, -0.1) is 0 Å². The third-order valence-corrected chi connectivity index (χ3v) is 12.0. The van der Waals surface area contributed by atoms with E-state index in [1.54, 1.807) is 6.08 Å². The largest absolute Gasteiger partial charge is 0.394 e. The van der Waals surface area contributed by atoms with Crippen LogP contribution >= 0.6 is 0 Å². The van der Waals surface area contributed by atoms with E-state index < -0.39 is 24.2 Å². The Labute approximate surface area is 362 Å². The van der Waals surface area contributed by atoms with Crippen LogP contribution in [0.4, 0.5) is 0 Å². The molecule has 342 valence electrons. The van der Waals surface area contributed by atoms with E-state index >= 15 is 0 Å². The summed E-state index contributed by atoms with van der Waals surface area (Å²) in [5, 5.41) is 33.3. The van der Waals surface area contributed by atoms with Crippen LogP contribution in [0.5, 0.6) is 0 Å². The Morgan fingerprint density at radius 3 is 1.09 bits per heavy atom. The van der Waals surface area contributed by atoms with E-state index in [1.807, 2.05) is 6.08 Å². The first-order valence-electron chi connectivity index (χ1n) is 25.8. The summed E-state index contributed by atoms with van der Waals surface area (Å²) in [6, 6.07) is -0.803. The molecular weight excluding hydrogens is 715 g/mol. The van der Waals surface area contributed by atoms with Crippen molar-refractivity contribution in [2.24, 2.45) is 0 Å². The van der Waals surface area contributed by atoms with Crippen LogP contribution < -0.4 is 5.32 Å². The molecule has 0 aliphatic heterocycles. The van der Waals surface area contributed by atoms with E-state index in [0.717, 1.165) is 44.9 Å². The minimum Gasteiger partial charge on any atom is -0.394 e. The molecule has 0 bridgehead atoms. The molecule has 0 aromatic heterocycles. The van der Waals surface area contributed by atoms with Gasteiger partial charge in [-0.25, -0.2) is 0 Å². The Kier molecular flexibility index (Phi) is 47.0. The summed E-state index contributed by atoms with van der Waals surface area (Å²) < 4.78 is 0. The Bertz CT molecular complexity index is 901. The van der Waals surface area contributed by atoms with Crippen molar-refractivity contribution >= 4 is 5.91 Å². The molecular formula is C53H101NO4. The van der Waals surface area contributed by atoms with Crippen molar-refractivity contribution in [3.63, 3.8) is 0 Å². The van der Waals surface area contributed by atoms with Crippen molar-refractivity contribution in [1.82, 2.24) is 5.32 Å². The van der Waals surface area contributed by atoms with Crippen molar-refractivity contribution in [2.45, 2.75) is 289 Å². The smallest absolute Gasteiger partial charge is 0.249 e. The summed E-state index contributed by atoms with van der Waals surface area (Å²) in [6.45, 7) is 4.20. The Hall–Kier alpha value is -1.43. The number of rotatable bonds is 47. The molecule has 1 amide bonds. The fraction of sp³-hybridized carbons (Fsp3) is 0.868. The van der Waals surface area contributed by atoms with Crippen molar-refractivity contribution < 1.29 is 20.1 Å². The van der Waals surface area contributed by atoms with Crippen molar-refractivity contribution in [1.29, 1.82) is 0 Å². The summed E-state index contributed by atoms with van der Waals surface area (Å²) in [5.74, 6) is -0.509. The number of hydrogen-bond donors (Lipinski definition) is 4. The van der Waals surface area contributed by atoms with Crippen molar-refractivity contribution in [3.8, 4) is 0 Å². The number of hydrogen-bond acceptors (Lipinski definition) is 4. The highest BCUT2D eigenvalue weighted by molar-refractivity contribution is 5.80. The van der Waals surface area contributed by atoms with Gasteiger partial charge in [0, 0.05) is 0 Å². The monoisotopic (exact) mass is 816 g/mol. The van der Waals surface area contributed by atoms with Gasteiger partial charge in [-0.2, -0.15) is 0 Å². The number of amides is 1. The number of allylic oxidation sites excluding steroid dienone is 5. The molecule has 0 aliphatic carbocycles. The number of carbonyl (C=O) groups excluding carboxylic acids is 1. The van der Waals surface area contributed by atoms with Gasteiger partial charge < -0.3 is 20.6 Å². The average molecular weight is 816 g/mol. The number of aliphatic hydroxyl groups is 3. The fourth-order valence-corrected chi connectivity index (χ4v) is 7.92. The molecule has 0 radical (unpaired) electrons. The molecule has 3 atom stereocenters. The topological polar surface area (TPSA) is 89.8 Å². The van der Waals surface area contributed by atoms with Crippen molar-refractivity contribution in [2.75, 3.05) is 6.61 Å². The van der Waals surface area contributed by atoms with E-state index in [0.29, 0.717) is 6.42 Å². The quantitative estimate of drug-likeness (QED) is 0.0364. The van der Waals surface area contributed by atoms with Gasteiger partial charge in [0.25, 0.3) is 0 Å². The van der Waals surface area contributed by atoms with Crippen LogP contribution in [0.2, 0.25) is 0 Å². The standard InChI is InChI=1S/C53H101NO4/c1-3-5-7-9-11-13-15-17-19-21-23-25-27-29-31-33-35-37-39-41-43-45-47-51(56)50(49-55)54-53(58)52(57)48-46-44-42-40-38-36-34-32-30-28-26-24-22-20-18-16-14-12-10-8-6-4-2/h24,26,30,32,45,47,50-52,55-57H,3-23,25,27-29,31,33-44,46,48-49H2,1-2H3,(H,54,58)/b26-24-,32-30-,47-45+. The van der Waals surface area contributed by atoms with Crippen LogP contribution in [0.1, 0.15) is 271 Å². The molecule has 0 rings (SSSR count). The second-order valence-corrected chi connectivity index (χ2v) is 17.7. The van der Waals surface area contributed by atoms with Crippen LogP contribution in [0.3, 0.4) is 0 Å². The zero-order chi connectivity index (χ0) is 42.3. The normalized spacial score (nSPS) is 13.7.